The molecule has 2 aromatic rings. The molecule has 5 nitrogen and oxygen atoms in total. The normalized spacial score (nSPS) is 13.0. The molecule has 1 aromatic carbocycles. The van der Waals surface area contributed by atoms with Gasteiger partial charge < -0.3 is 14.6 Å². The first-order valence-electron chi connectivity index (χ1n) is 6.98. The van der Waals surface area contributed by atoms with E-state index in [0.717, 1.165) is 34.4 Å². The molecule has 1 aliphatic heterocycles. The lowest BCUT2D eigenvalue weighted by Crippen LogP contribution is -2.24. The zero-order valence-electron chi connectivity index (χ0n) is 11.8. The smallest absolute Gasteiger partial charge is 0.407 e. The number of benzene rings is 1. The van der Waals surface area contributed by atoms with Crippen LogP contribution in [0.25, 0.3) is 11.3 Å². The predicted molar refractivity (Wildman–Crippen MR) is 82.2 cm³/mol. The van der Waals surface area contributed by atoms with Gasteiger partial charge in [0.25, 0.3) is 0 Å². The Morgan fingerprint density at radius 1 is 1.43 bits per heavy atom. The average Bonchev–Trinajstić information content (AvgIpc) is 3.07. The predicted octanol–water partition coefficient (Wildman–Crippen LogP) is 2.90. The van der Waals surface area contributed by atoms with Crippen molar-refractivity contribution in [2.45, 2.75) is 25.2 Å². The molecule has 3 rings (SSSR count). The molecule has 21 heavy (non-hydrogen) atoms. The van der Waals surface area contributed by atoms with Crippen LogP contribution in [0.5, 0.6) is 0 Å². The van der Waals surface area contributed by atoms with Gasteiger partial charge in [-0.2, -0.15) is 0 Å². The van der Waals surface area contributed by atoms with Crippen molar-refractivity contribution in [3.63, 3.8) is 0 Å². The molecule has 0 aliphatic carbocycles. The highest BCUT2D eigenvalue weighted by Crippen LogP contribution is 2.33. The van der Waals surface area contributed by atoms with E-state index in [-0.39, 0.29) is 6.61 Å². The number of aromatic nitrogens is 2. The van der Waals surface area contributed by atoms with E-state index in [2.05, 4.69) is 9.88 Å². The molecule has 0 bridgehead atoms. The molecular formula is C15H17N3O2S. The van der Waals surface area contributed by atoms with Crippen LogP contribution in [0.2, 0.25) is 0 Å². The molecule has 0 atom stereocenters. The van der Waals surface area contributed by atoms with Gasteiger partial charge in [0.1, 0.15) is 6.61 Å². The van der Waals surface area contributed by atoms with Crippen molar-refractivity contribution in [3.05, 3.63) is 36.0 Å². The molecular weight excluding hydrogens is 286 g/mol. The number of thioether (sulfide) groups is 1. The minimum Gasteiger partial charge on any atom is -0.443 e. The van der Waals surface area contributed by atoms with Gasteiger partial charge in [-0.25, -0.2) is 9.78 Å². The maximum absolute atomic E-state index is 11.5. The molecule has 110 valence electrons. The zero-order chi connectivity index (χ0) is 14.7. The Kier molecular flexibility index (Phi) is 4.15. The molecule has 0 fully saturated rings. The summed E-state index contributed by atoms with van der Waals surface area (Å²) in [6.45, 7) is 3.58. The topological polar surface area (TPSA) is 56.1 Å². The molecule has 0 unspecified atom stereocenters. The van der Waals surface area contributed by atoms with Gasteiger partial charge in [0.2, 0.25) is 0 Å². The van der Waals surface area contributed by atoms with Crippen LogP contribution in [0, 0.1) is 0 Å². The summed E-state index contributed by atoms with van der Waals surface area (Å²) < 4.78 is 7.44. The third-order valence-corrected chi connectivity index (χ3v) is 4.25. The largest absolute Gasteiger partial charge is 0.443 e. The highest BCUT2D eigenvalue weighted by atomic mass is 32.2. The Morgan fingerprint density at radius 3 is 3.00 bits per heavy atom. The summed E-state index contributed by atoms with van der Waals surface area (Å²) in [6, 6.07) is 10.0. The van der Waals surface area contributed by atoms with Gasteiger partial charge in [-0.1, -0.05) is 42.1 Å². The zero-order valence-corrected chi connectivity index (χ0v) is 12.7. The van der Waals surface area contributed by atoms with E-state index < -0.39 is 6.09 Å². The Labute approximate surface area is 127 Å². The number of hydrogen-bond acceptors (Lipinski definition) is 4. The number of hydrogen-bond donors (Lipinski definition) is 1. The molecule has 2 heterocycles. The lowest BCUT2D eigenvalue weighted by atomic mass is 10.1. The molecule has 1 amide bonds. The van der Waals surface area contributed by atoms with E-state index in [4.69, 9.17) is 9.72 Å². The van der Waals surface area contributed by atoms with Gasteiger partial charge in [-0.15, -0.1) is 0 Å². The first-order valence-corrected chi connectivity index (χ1v) is 7.96. The van der Waals surface area contributed by atoms with Crippen LogP contribution >= 0.6 is 11.8 Å². The minimum atomic E-state index is -0.391. The monoisotopic (exact) mass is 303 g/mol. The quantitative estimate of drug-likeness (QED) is 0.943. The average molecular weight is 303 g/mol. The van der Waals surface area contributed by atoms with Crippen molar-refractivity contribution in [2.75, 3.05) is 12.3 Å². The van der Waals surface area contributed by atoms with Crippen LogP contribution in [0.3, 0.4) is 0 Å². The van der Waals surface area contributed by atoms with Crippen LogP contribution in [-0.2, 0) is 17.9 Å². The molecule has 0 saturated carbocycles. The summed E-state index contributed by atoms with van der Waals surface area (Å²) in [5.41, 5.74) is 2.92. The number of carbonyl (C=O) groups excluding carboxylic acids is 1. The number of alkyl carbamates (subject to hydrolysis) is 1. The van der Waals surface area contributed by atoms with Crippen molar-refractivity contribution in [3.8, 4) is 11.3 Å². The van der Waals surface area contributed by atoms with Crippen LogP contribution in [0.15, 0.2) is 35.5 Å². The van der Waals surface area contributed by atoms with E-state index in [9.17, 15) is 4.79 Å². The number of ether oxygens (including phenoxy) is 1. The van der Waals surface area contributed by atoms with Crippen LogP contribution in [-0.4, -0.2) is 27.9 Å². The molecule has 0 radical (unpaired) electrons. The maximum atomic E-state index is 11.5. The van der Waals surface area contributed by atoms with E-state index in [0.29, 0.717) is 6.54 Å². The molecule has 1 N–H and O–H groups in total. The summed E-state index contributed by atoms with van der Waals surface area (Å²) in [7, 11) is 0. The van der Waals surface area contributed by atoms with E-state index in [1.165, 1.54) is 0 Å². The summed E-state index contributed by atoms with van der Waals surface area (Å²) in [5, 5.41) is 3.64. The number of nitrogens with zero attached hydrogens (tertiary/aromatic N) is 2. The number of imidazole rings is 1. The van der Waals surface area contributed by atoms with E-state index in [1.54, 1.807) is 11.8 Å². The van der Waals surface area contributed by atoms with Crippen molar-refractivity contribution < 1.29 is 9.53 Å². The van der Waals surface area contributed by atoms with Gasteiger partial charge in [0, 0.05) is 24.4 Å². The van der Waals surface area contributed by atoms with E-state index >= 15 is 0 Å². The molecule has 0 spiro atoms. The van der Waals surface area contributed by atoms with E-state index in [1.807, 2.05) is 37.3 Å². The lowest BCUT2D eigenvalue weighted by molar-refractivity contribution is 0.137. The van der Waals surface area contributed by atoms with Crippen LogP contribution in [0.1, 0.15) is 12.6 Å². The standard InChI is InChI=1S/C15H17N3O2S/c1-2-16-15(19)20-10-12-13(11-6-4-3-5-7-11)17-14-18(12)8-9-21-14/h3-7H,2,8-10H2,1H3,(H,16,19). The van der Waals surface area contributed by atoms with Gasteiger partial charge in [-0.3, -0.25) is 0 Å². The molecule has 6 heteroatoms. The first kappa shape index (κ1) is 14.0. The fraction of sp³-hybridized carbons (Fsp3) is 0.333. The second kappa shape index (κ2) is 6.22. The Bertz CT molecular complexity index is 640. The summed E-state index contributed by atoms with van der Waals surface area (Å²) in [4.78, 5) is 16.2. The van der Waals surface area contributed by atoms with Crippen LogP contribution < -0.4 is 5.32 Å². The summed E-state index contributed by atoms with van der Waals surface area (Å²) in [5.74, 6) is 1.02. The third kappa shape index (κ3) is 2.90. The number of rotatable bonds is 4. The lowest BCUT2D eigenvalue weighted by Gasteiger charge is -2.09. The Hall–Kier alpha value is -1.95. The summed E-state index contributed by atoms with van der Waals surface area (Å²) >= 11 is 1.74. The van der Waals surface area contributed by atoms with Gasteiger partial charge >= 0.3 is 6.09 Å². The Morgan fingerprint density at radius 2 is 2.24 bits per heavy atom. The third-order valence-electron chi connectivity index (χ3n) is 3.29. The molecule has 1 aliphatic rings. The number of amides is 1. The van der Waals surface area contributed by atoms with Crippen molar-refractivity contribution >= 4 is 17.9 Å². The Balaban J connectivity index is 1.89. The number of fused-ring (bicyclic) bond motifs is 1. The highest BCUT2D eigenvalue weighted by Gasteiger charge is 2.23. The number of nitrogens with one attached hydrogen (secondary N) is 1. The van der Waals surface area contributed by atoms with Crippen molar-refractivity contribution in [1.29, 1.82) is 0 Å². The van der Waals surface area contributed by atoms with Crippen LogP contribution in [0.4, 0.5) is 4.79 Å². The first-order chi connectivity index (χ1) is 10.3. The second-order valence-corrected chi connectivity index (χ2v) is 5.72. The number of carbonyl (C=O) groups is 1. The van der Waals surface area contributed by atoms with Gasteiger partial charge in [-0.05, 0) is 6.92 Å². The fourth-order valence-corrected chi connectivity index (χ4v) is 3.31. The maximum Gasteiger partial charge on any atom is 0.407 e. The highest BCUT2D eigenvalue weighted by molar-refractivity contribution is 7.99. The molecule has 1 aromatic heterocycles. The van der Waals surface area contributed by atoms with Crippen molar-refractivity contribution in [1.82, 2.24) is 14.9 Å². The van der Waals surface area contributed by atoms with Gasteiger partial charge in [0.05, 0.1) is 11.4 Å². The second-order valence-electron chi connectivity index (χ2n) is 4.66. The van der Waals surface area contributed by atoms with Gasteiger partial charge in [0.15, 0.2) is 5.16 Å². The minimum absolute atomic E-state index is 0.240. The van der Waals surface area contributed by atoms with Crippen molar-refractivity contribution in [2.24, 2.45) is 0 Å². The molecule has 0 saturated heterocycles. The SMILES string of the molecule is CCNC(=O)OCc1c(-c2ccccc2)nc2n1CCS2. The fourth-order valence-electron chi connectivity index (χ4n) is 2.34. The summed E-state index contributed by atoms with van der Waals surface area (Å²) in [6.07, 6.45) is -0.391.